The van der Waals surface area contributed by atoms with E-state index in [4.69, 9.17) is 0 Å². The van der Waals surface area contributed by atoms with Crippen LogP contribution in [0.1, 0.15) is 57.6 Å². The number of nitrogens with one attached hydrogen (secondary N) is 1. The van der Waals surface area contributed by atoms with E-state index in [0.29, 0.717) is 11.5 Å². The average molecular weight is 282 g/mol. The summed E-state index contributed by atoms with van der Waals surface area (Å²) in [4.78, 5) is 4.36. The van der Waals surface area contributed by atoms with Crippen LogP contribution in [0.4, 0.5) is 0 Å². The number of rotatable bonds is 4. The lowest BCUT2D eigenvalue weighted by Crippen LogP contribution is -2.37. The topological polar surface area (TPSA) is 24.9 Å². The summed E-state index contributed by atoms with van der Waals surface area (Å²) in [6.45, 7) is 5.69. The van der Waals surface area contributed by atoms with Crippen LogP contribution in [-0.2, 0) is 0 Å². The molecule has 2 aromatic rings. The molecule has 1 aromatic carbocycles. The standard InChI is InChI=1S/C19H26N2/c1-3-21-18(19(2)11-5-4-6-12-19)16-9-7-8-15-10-13-20-14-17(15)16/h7-10,13-14,18,21H,3-6,11-12H2,1-2H3. The zero-order valence-electron chi connectivity index (χ0n) is 13.2. The Bertz CT molecular complexity index is 594. The van der Waals surface area contributed by atoms with Crippen LogP contribution in [-0.4, -0.2) is 11.5 Å². The Morgan fingerprint density at radius 3 is 2.76 bits per heavy atom. The Labute approximate surface area is 128 Å². The fraction of sp³-hybridized carbons (Fsp3) is 0.526. The first-order valence-electron chi connectivity index (χ1n) is 8.30. The third-order valence-electron chi connectivity index (χ3n) is 5.13. The summed E-state index contributed by atoms with van der Waals surface area (Å²) < 4.78 is 0. The molecule has 0 saturated heterocycles. The van der Waals surface area contributed by atoms with E-state index in [1.54, 1.807) is 0 Å². The monoisotopic (exact) mass is 282 g/mol. The van der Waals surface area contributed by atoms with Crippen LogP contribution in [0.2, 0.25) is 0 Å². The van der Waals surface area contributed by atoms with Gasteiger partial charge >= 0.3 is 0 Å². The van der Waals surface area contributed by atoms with Gasteiger partial charge in [0.25, 0.3) is 0 Å². The van der Waals surface area contributed by atoms with Gasteiger partial charge < -0.3 is 5.32 Å². The molecule has 1 aliphatic carbocycles. The van der Waals surface area contributed by atoms with Gasteiger partial charge in [0.1, 0.15) is 0 Å². The van der Waals surface area contributed by atoms with Crippen LogP contribution >= 0.6 is 0 Å². The molecule has 1 N–H and O–H groups in total. The first-order chi connectivity index (χ1) is 10.2. The largest absolute Gasteiger partial charge is 0.310 e. The molecule has 21 heavy (non-hydrogen) atoms. The number of hydrogen-bond donors (Lipinski definition) is 1. The van der Waals surface area contributed by atoms with Crippen LogP contribution in [0.15, 0.2) is 36.7 Å². The highest BCUT2D eigenvalue weighted by molar-refractivity contribution is 5.85. The highest BCUT2D eigenvalue weighted by Crippen LogP contribution is 2.46. The second kappa shape index (κ2) is 6.15. The highest BCUT2D eigenvalue weighted by atomic mass is 14.9. The summed E-state index contributed by atoms with van der Waals surface area (Å²) in [6, 6.07) is 9.21. The third kappa shape index (κ3) is 2.82. The molecule has 112 valence electrons. The molecule has 1 heterocycles. The minimum Gasteiger partial charge on any atom is -0.310 e. The van der Waals surface area contributed by atoms with Gasteiger partial charge in [-0.25, -0.2) is 0 Å². The van der Waals surface area contributed by atoms with Crippen molar-refractivity contribution in [3.8, 4) is 0 Å². The van der Waals surface area contributed by atoms with E-state index >= 15 is 0 Å². The molecular weight excluding hydrogens is 256 g/mol. The molecule has 2 heteroatoms. The van der Waals surface area contributed by atoms with Crippen molar-refractivity contribution >= 4 is 10.8 Å². The fourth-order valence-electron chi connectivity index (χ4n) is 3.97. The van der Waals surface area contributed by atoms with Gasteiger partial charge in [-0.1, -0.05) is 51.3 Å². The van der Waals surface area contributed by atoms with E-state index in [9.17, 15) is 0 Å². The number of hydrogen-bond acceptors (Lipinski definition) is 2. The van der Waals surface area contributed by atoms with Gasteiger partial charge in [-0.3, -0.25) is 4.98 Å². The lowest BCUT2D eigenvalue weighted by Gasteiger charge is -2.42. The molecule has 0 spiro atoms. The van der Waals surface area contributed by atoms with Crippen LogP contribution in [0.25, 0.3) is 10.8 Å². The van der Waals surface area contributed by atoms with Gasteiger partial charge in [0, 0.05) is 23.8 Å². The molecular formula is C19H26N2. The van der Waals surface area contributed by atoms with Gasteiger partial charge in [-0.2, -0.15) is 0 Å². The first-order valence-corrected chi connectivity index (χ1v) is 8.30. The van der Waals surface area contributed by atoms with Crippen molar-refractivity contribution in [3.05, 3.63) is 42.2 Å². The van der Waals surface area contributed by atoms with Crippen LogP contribution in [0.3, 0.4) is 0 Å². The van der Waals surface area contributed by atoms with Crippen molar-refractivity contribution in [2.45, 2.75) is 52.0 Å². The second-order valence-corrected chi connectivity index (χ2v) is 6.65. The van der Waals surface area contributed by atoms with Crippen LogP contribution < -0.4 is 5.32 Å². The maximum Gasteiger partial charge on any atom is 0.0381 e. The van der Waals surface area contributed by atoms with Crippen molar-refractivity contribution in [3.63, 3.8) is 0 Å². The third-order valence-corrected chi connectivity index (χ3v) is 5.13. The molecule has 1 atom stereocenters. The number of pyridine rings is 1. The molecule has 0 aliphatic heterocycles. The summed E-state index contributed by atoms with van der Waals surface area (Å²) in [6.07, 6.45) is 10.7. The Hall–Kier alpha value is -1.41. The molecule has 1 saturated carbocycles. The normalized spacial score (nSPS) is 19.5. The van der Waals surface area contributed by atoms with E-state index in [0.717, 1.165) is 6.54 Å². The van der Waals surface area contributed by atoms with E-state index in [1.165, 1.54) is 48.4 Å². The van der Waals surface area contributed by atoms with Crippen molar-refractivity contribution < 1.29 is 0 Å². The molecule has 1 aliphatic rings. The Morgan fingerprint density at radius 1 is 1.19 bits per heavy atom. The predicted molar refractivity (Wildman–Crippen MR) is 89.4 cm³/mol. The zero-order valence-corrected chi connectivity index (χ0v) is 13.2. The van der Waals surface area contributed by atoms with Crippen molar-refractivity contribution in [1.29, 1.82) is 0 Å². The predicted octanol–water partition coefficient (Wildman–Crippen LogP) is 4.86. The smallest absolute Gasteiger partial charge is 0.0381 e. The van der Waals surface area contributed by atoms with Crippen molar-refractivity contribution in [2.24, 2.45) is 5.41 Å². The SMILES string of the molecule is CCNC(c1cccc2ccncc12)C1(C)CCCCC1. The fourth-order valence-corrected chi connectivity index (χ4v) is 3.97. The van der Waals surface area contributed by atoms with Crippen LogP contribution in [0.5, 0.6) is 0 Å². The number of benzene rings is 1. The molecule has 0 bridgehead atoms. The number of fused-ring (bicyclic) bond motifs is 1. The minimum atomic E-state index is 0.360. The van der Waals surface area contributed by atoms with Crippen molar-refractivity contribution in [1.82, 2.24) is 10.3 Å². The maximum absolute atomic E-state index is 4.36. The van der Waals surface area contributed by atoms with Crippen molar-refractivity contribution in [2.75, 3.05) is 6.54 Å². The van der Waals surface area contributed by atoms with Gasteiger partial charge in [0.05, 0.1) is 0 Å². The molecule has 0 radical (unpaired) electrons. The average Bonchev–Trinajstić information content (AvgIpc) is 2.53. The Kier molecular flexibility index (Phi) is 4.25. The number of nitrogens with zero attached hydrogens (tertiary/aromatic N) is 1. The van der Waals surface area contributed by atoms with Gasteiger partial charge in [0.15, 0.2) is 0 Å². The van der Waals surface area contributed by atoms with Gasteiger partial charge in [-0.15, -0.1) is 0 Å². The molecule has 3 rings (SSSR count). The first kappa shape index (κ1) is 14.5. The van der Waals surface area contributed by atoms with Gasteiger partial charge in [0.2, 0.25) is 0 Å². The van der Waals surface area contributed by atoms with E-state index < -0.39 is 0 Å². The maximum atomic E-state index is 4.36. The Morgan fingerprint density at radius 2 is 2.00 bits per heavy atom. The summed E-state index contributed by atoms with van der Waals surface area (Å²) in [5, 5.41) is 6.37. The minimum absolute atomic E-state index is 0.360. The van der Waals surface area contributed by atoms with E-state index in [-0.39, 0.29) is 0 Å². The van der Waals surface area contributed by atoms with E-state index in [1.807, 2.05) is 12.4 Å². The molecule has 2 nitrogen and oxygen atoms in total. The highest BCUT2D eigenvalue weighted by Gasteiger charge is 2.36. The lowest BCUT2D eigenvalue weighted by molar-refractivity contribution is 0.147. The summed E-state index contributed by atoms with van der Waals surface area (Å²) in [5.41, 5.74) is 1.78. The summed E-state index contributed by atoms with van der Waals surface area (Å²) in [7, 11) is 0. The van der Waals surface area contributed by atoms with Crippen LogP contribution in [0, 0.1) is 5.41 Å². The molecule has 0 amide bonds. The lowest BCUT2D eigenvalue weighted by atomic mass is 9.68. The summed E-state index contributed by atoms with van der Waals surface area (Å²) in [5.74, 6) is 0. The van der Waals surface area contributed by atoms with Gasteiger partial charge in [-0.05, 0) is 41.8 Å². The summed E-state index contributed by atoms with van der Waals surface area (Å²) >= 11 is 0. The quantitative estimate of drug-likeness (QED) is 0.866. The van der Waals surface area contributed by atoms with E-state index in [2.05, 4.69) is 48.4 Å². The number of aromatic nitrogens is 1. The second-order valence-electron chi connectivity index (χ2n) is 6.65. The molecule has 1 unspecified atom stereocenters. The Balaban J connectivity index is 2.07. The molecule has 1 aromatic heterocycles. The zero-order chi connectivity index (χ0) is 14.7. The molecule has 1 fully saturated rings.